The van der Waals surface area contributed by atoms with Crippen LogP contribution >= 0.6 is 0 Å². The molecule has 3 atom stereocenters. The van der Waals surface area contributed by atoms with Gasteiger partial charge in [-0.3, -0.25) is 10.1 Å². The number of benzene rings is 2. The number of nitro benzene ring substituents is 1. The number of nitrogens with one attached hydrogen (secondary N) is 1. The highest BCUT2D eigenvalue weighted by Gasteiger charge is 2.32. The van der Waals surface area contributed by atoms with E-state index < -0.39 is 11.1 Å². The average molecular weight is 530 g/mol. The predicted octanol–water partition coefficient (Wildman–Crippen LogP) is 6.69. The van der Waals surface area contributed by atoms with Gasteiger partial charge in [0.15, 0.2) is 0 Å². The minimum Gasteiger partial charge on any atom is -0.431 e. The molecule has 0 saturated heterocycles. The lowest BCUT2D eigenvalue weighted by Crippen LogP contribution is -2.24. The van der Waals surface area contributed by atoms with Crippen molar-refractivity contribution in [2.24, 2.45) is 0 Å². The van der Waals surface area contributed by atoms with E-state index in [-0.39, 0.29) is 34.9 Å². The maximum absolute atomic E-state index is 12.3. The van der Waals surface area contributed by atoms with Crippen molar-refractivity contribution < 1.29 is 19.2 Å². The molecule has 1 N–H and O–H groups in total. The van der Waals surface area contributed by atoms with Crippen molar-refractivity contribution in [2.45, 2.75) is 76.4 Å². The van der Waals surface area contributed by atoms with E-state index >= 15 is 0 Å². The van der Waals surface area contributed by atoms with Crippen molar-refractivity contribution in [3.63, 3.8) is 0 Å². The zero-order valence-electron chi connectivity index (χ0n) is 22.2. The predicted molar refractivity (Wildman–Crippen MR) is 144 cm³/mol. The van der Waals surface area contributed by atoms with E-state index in [2.05, 4.69) is 44.3 Å². The van der Waals surface area contributed by atoms with Crippen molar-refractivity contribution >= 4 is 23.3 Å². The Kier molecular flexibility index (Phi) is 7.00. The first kappa shape index (κ1) is 26.2. The number of fused-ring (bicyclic) bond motifs is 1. The molecule has 1 heterocycles. The normalized spacial score (nSPS) is 20.2. The third-order valence-electron chi connectivity index (χ3n) is 7.33. The summed E-state index contributed by atoms with van der Waals surface area (Å²) in [5.41, 5.74) is 3.90. The number of nitrogens with zero attached hydrogens (tertiary/aromatic N) is 4. The number of non-ortho nitro benzene ring substituents is 1. The maximum atomic E-state index is 12.3. The number of rotatable bonds is 6. The zero-order valence-corrected chi connectivity index (χ0v) is 22.2. The molecule has 0 bridgehead atoms. The van der Waals surface area contributed by atoms with Crippen molar-refractivity contribution in [3.8, 4) is 11.8 Å². The lowest BCUT2D eigenvalue weighted by atomic mass is 10.0. The minimum atomic E-state index is -0.827. The standard InChI is InChI=1S/C29H31N5O5/c1-29(2,3)33-27(31-21-7-13-25-18(14-21)4-5-20(25)17-30)16-26(32-33)19-6-10-24(15-19)39-28(35)38-23-11-8-22(9-12-23)34(36)37/h7-9,11-14,16,19-20,24,31H,4-6,10,15H2,1-3H3/t19-,20?,24+/m0/s1. The fraction of sp³-hybridized carbons (Fsp3) is 0.414. The Balaban J connectivity index is 1.25. The van der Waals surface area contributed by atoms with E-state index in [1.54, 1.807) is 0 Å². The van der Waals surface area contributed by atoms with E-state index in [1.165, 1.54) is 29.8 Å². The molecule has 1 fully saturated rings. The summed E-state index contributed by atoms with van der Waals surface area (Å²) in [6.45, 7) is 6.30. The monoisotopic (exact) mass is 529 g/mol. The Morgan fingerprint density at radius 1 is 1.15 bits per heavy atom. The smallest absolute Gasteiger partial charge is 0.431 e. The van der Waals surface area contributed by atoms with E-state index in [0.29, 0.717) is 12.8 Å². The van der Waals surface area contributed by atoms with Gasteiger partial charge >= 0.3 is 6.16 Å². The van der Waals surface area contributed by atoms with Crippen LogP contribution in [-0.2, 0) is 16.7 Å². The Morgan fingerprint density at radius 2 is 1.92 bits per heavy atom. The van der Waals surface area contributed by atoms with Crippen molar-refractivity contribution in [1.82, 2.24) is 9.78 Å². The van der Waals surface area contributed by atoms with Crippen LogP contribution in [0.5, 0.6) is 5.75 Å². The second-order valence-corrected chi connectivity index (χ2v) is 11.1. The van der Waals surface area contributed by atoms with Crippen molar-refractivity contribution in [2.75, 3.05) is 5.32 Å². The number of aromatic nitrogens is 2. The van der Waals surface area contributed by atoms with Crippen LogP contribution in [0.25, 0.3) is 0 Å². The van der Waals surface area contributed by atoms with Crippen LogP contribution in [0.15, 0.2) is 48.5 Å². The van der Waals surface area contributed by atoms with E-state index in [1.807, 2.05) is 16.8 Å². The SMILES string of the molecule is CC(C)(C)n1nc([C@H]2CC[C@@H](OC(=O)Oc3ccc([N+](=O)[O-])cc3)C2)cc1Nc1ccc2c(c1)CCC2C#N. The Hall–Kier alpha value is -4.39. The average Bonchev–Trinajstić information content (AvgIpc) is 3.62. The number of anilines is 2. The number of hydrogen-bond acceptors (Lipinski definition) is 8. The molecule has 0 aliphatic heterocycles. The zero-order chi connectivity index (χ0) is 27.7. The molecule has 2 aliphatic carbocycles. The van der Waals surface area contributed by atoms with Gasteiger partial charge in [0.25, 0.3) is 5.69 Å². The quantitative estimate of drug-likeness (QED) is 0.161. The molecule has 39 heavy (non-hydrogen) atoms. The van der Waals surface area contributed by atoms with Gasteiger partial charge in [-0.2, -0.15) is 10.4 Å². The molecule has 0 radical (unpaired) electrons. The van der Waals surface area contributed by atoms with Gasteiger partial charge in [0.1, 0.15) is 17.7 Å². The highest BCUT2D eigenvalue weighted by molar-refractivity contribution is 5.64. The number of ether oxygens (including phenoxy) is 2. The lowest BCUT2D eigenvalue weighted by Gasteiger charge is -2.23. The second-order valence-electron chi connectivity index (χ2n) is 11.1. The fourth-order valence-electron chi connectivity index (χ4n) is 5.38. The van der Waals surface area contributed by atoms with Gasteiger partial charge in [0.05, 0.1) is 28.1 Å². The molecule has 202 valence electrons. The highest BCUT2D eigenvalue weighted by Crippen LogP contribution is 2.39. The van der Waals surface area contributed by atoms with Crippen LogP contribution in [0, 0.1) is 21.4 Å². The van der Waals surface area contributed by atoms with Gasteiger partial charge in [-0.1, -0.05) is 6.07 Å². The minimum absolute atomic E-state index is 0.0234. The van der Waals surface area contributed by atoms with E-state index in [0.717, 1.165) is 42.0 Å². The maximum Gasteiger partial charge on any atom is 0.514 e. The summed E-state index contributed by atoms with van der Waals surface area (Å²) < 4.78 is 12.7. The highest BCUT2D eigenvalue weighted by atomic mass is 16.7. The summed E-state index contributed by atoms with van der Waals surface area (Å²) >= 11 is 0. The number of carbonyl (C=O) groups excluding carboxylic acids is 1. The molecule has 5 rings (SSSR count). The van der Waals surface area contributed by atoms with Gasteiger partial charge in [-0.05, 0) is 88.3 Å². The summed E-state index contributed by atoms with van der Waals surface area (Å²) in [5, 5.41) is 28.7. The number of carbonyl (C=O) groups is 1. The van der Waals surface area contributed by atoms with Crippen LogP contribution in [0.2, 0.25) is 0 Å². The Labute approximate surface area is 226 Å². The van der Waals surface area contributed by atoms with Crippen LogP contribution in [-0.4, -0.2) is 27.0 Å². The van der Waals surface area contributed by atoms with Gasteiger partial charge in [-0.15, -0.1) is 0 Å². The van der Waals surface area contributed by atoms with Gasteiger partial charge in [0, 0.05) is 29.8 Å². The molecule has 1 aromatic heterocycles. The van der Waals surface area contributed by atoms with Gasteiger partial charge in [-0.25, -0.2) is 9.48 Å². The van der Waals surface area contributed by atoms with Gasteiger partial charge in [0.2, 0.25) is 0 Å². The molecular formula is C29H31N5O5. The molecule has 2 aromatic carbocycles. The fourth-order valence-corrected chi connectivity index (χ4v) is 5.38. The van der Waals surface area contributed by atoms with Crippen LogP contribution in [0.1, 0.15) is 75.1 Å². The molecule has 1 unspecified atom stereocenters. The molecular weight excluding hydrogens is 498 g/mol. The summed E-state index contributed by atoms with van der Waals surface area (Å²) in [6, 6.07) is 15.9. The van der Waals surface area contributed by atoms with Crippen LogP contribution < -0.4 is 10.1 Å². The largest absolute Gasteiger partial charge is 0.514 e. The summed E-state index contributed by atoms with van der Waals surface area (Å²) in [6.07, 6.45) is 2.79. The number of nitriles is 1. The van der Waals surface area contributed by atoms with Crippen LogP contribution in [0.4, 0.5) is 22.0 Å². The molecule has 2 aliphatic rings. The first-order valence-electron chi connectivity index (χ1n) is 13.1. The summed E-state index contributed by atoms with van der Waals surface area (Å²) in [7, 11) is 0. The second kappa shape index (κ2) is 10.4. The molecule has 10 nitrogen and oxygen atoms in total. The molecule has 3 aromatic rings. The third kappa shape index (κ3) is 5.72. The van der Waals surface area contributed by atoms with Crippen molar-refractivity contribution in [3.05, 3.63) is 75.5 Å². The number of hydrogen-bond donors (Lipinski definition) is 1. The molecule has 0 amide bonds. The lowest BCUT2D eigenvalue weighted by molar-refractivity contribution is -0.384. The first-order valence-corrected chi connectivity index (χ1v) is 13.1. The third-order valence-corrected chi connectivity index (χ3v) is 7.33. The molecule has 10 heteroatoms. The number of nitro groups is 1. The topological polar surface area (TPSA) is 132 Å². The first-order chi connectivity index (χ1) is 18.6. The van der Waals surface area contributed by atoms with Crippen LogP contribution in [0.3, 0.4) is 0 Å². The summed E-state index contributed by atoms with van der Waals surface area (Å²) in [5.74, 6) is 1.18. The molecule has 1 saturated carbocycles. The Bertz CT molecular complexity index is 1430. The molecule has 0 spiro atoms. The summed E-state index contributed by atoms with van der Waals surface area (Å²) in [4.78, 5) is 22.6. The Morgan fingerprint density at radius 3 is 2.62 bits per heavy atom. The number of aryl methyl sites for hydroxylation is 1. The van der Waals surface area contributed by atoms with E-state index in [4.69, 9.17) is 14.6 Å². The van der Waals surface area contributed by atoms with E-state index in [9.17, 15) is 20.2 Å². The van der Waals surface area contributed by atoms with Crippen molar-refractivity contribution in [1.29, 1.82) is 5.26 Å². The van der Waals surface area contributed by atoms with Gasteiger partial charge < -0.3 is 14.8 Å².